The van der Waals surface area contributed by atoms with E-state index in [-0.39, 0.29) is 12.0 Å². The first-order chi connectivity index (χ1) is 18.3. The topological polar surface area (TPSA) is 105 Å². The van der Waals surface area contributed by atoms with Crippen LogP contribution in [0.25, 0.3) is 33.7 Å². The second-order valence-electron chi connectivity index (χ2n) is 10.8. The van der Waals surface area contributed by atoms with Crippen molar-refractivity contribution in [1.82, 2.24) is 35.2 Å². The lowest BCUT2D eigenvalue weighted by Gasteiger charge is -2.27. The summed E-state index contributed by atoms with van der Waals surface area (Å²) < 4.78 is 2.32. The van der Waals surface area contributed by atoms with Crippen LogP contribution in [0.5, 0.6) is 0 Å². The number of aryl methyl sites for hydroxylation is 3. The summed E-state index contributed by atoms with van der Waals surface area (Å²) in [7, 11) is 0. The van der Waals surface area contributed by atoms with Crippen LogP contribution in [0.4, 0.5) is 0 Å². The van der Waals surface area contributed by atoms with E-state index in [4.69, 9.17) is 9.97 Å². The second-order valence-corrected chi connectivity index (χ2v) is 10.8. The molecule has 8 heteroatoms. The molecule has 194 valence electrons. The highest BCUT2D eigenvalue weighted by Crippen LogP contribution is 2.41. The number of hydrogen-bond donors (Lipinski definition) is 2. The van der Waals surface area contributed by atoms with Gasteiger partial charge >= 0.3 is 0 Å². The third kappa shape index (κ3) is 3.82. The van der Waals surface area contributed by atoms with Gasteiger partial charge in [0, 0.05) is 12.0 Å². The Morgan fingerprint density at radius 1 is 1.11 bits per heavy atom. The largest absolute Gasteiger partial charge is 0.384 e. The zero-order valence-electron chi connectivity index (χ0n) is 22.5. The van der Waals surface area contributed by atoms with Gasteiger partial charge in [-0.2, -0.15) is 5.21 Å². The Hall–Kier alpha value is -3.91. The predicted octanol–water partition coefficient (Wildman–Crippen LogP) is 5.55. The molecule has 3 aromatic heterocycles. The Morgan fingerprint density at radius 2 is 1.89 bits per heavy atom. The summed E-state index contributed by atoms with van der Waals surface area (Å²) in [5.41, 5.74) is 8.33. The quantitative estimate of drug-likeness (QED) is 0.312. The first kappa shape index (κ1) is 24.4. The summed E-state index contributed by atoms with van der Waals surface area (Å²) in [5, 5.41) is 25.9. The standard InChI is InChI=1S/C30H33N7O/c1-6-26-32-27-18(4)15-25(30(5,38)17(2)3)31-29(27)37(26)24-14-12-20-16-19(11-13-22(20)24)21-9-7-8-10-23(21)28-33-35-36-34-28/h7-11,13,15-17,24,38H,6,12,14H2,1-5H3,(H,33,34,35,36). The molecule has 2 unspecified atom stereocenters. The maximum absolute atomic E-state index is 11.2. The average Bonchev–Trinajstić information content (AvgIpc) is 3.66. The third-order valence-electron chi connectivity index (χ3n) is 8.20. The average molecular weight is 508 g/mol. The molecule has 0 aliphatic heterocycles. The molecule has 8 nitrogen and oxygen atoms in total. The molecule has 2 atom stereocenters. The van der Waals surface area contributed by atoms with E-state index in [0.29, 0.717) is 11.5 Å². The number of tetrazole rings is 1. The maximum atomic E-state index is 11.2. The Bertz CT molecular complexity index is 1630. The lowest BCUT2D eigenvalue weighted by atomic mass is 9.88. The number of pyridine rings is 1. The highest BCUT2D eigenvalue weighted by atomic mass is 16.3. The van der Waals surface area contributed by atoms with Crippen LogP contribution in [-0.4, -0.2) is 40.3 Å². The number of imidazole rings is 1. The highest BCUT2D eigenvalue weighted by molar-refractivity contribution is 5.81. The number of aromatic nitrogens is 7. The van der Waals surface area contributed by atoms with Crippen molar-refractivity contribution in [2.24, 2.45) is 5.92 Å². The van der Waals surface area contributed by atoms with Crippen molar-refractivity contribution in [3.05, 3.63) is 76.7 Å². The van der Waals surface area contributed by atoms with Gasteiger partial charge in [0.1, 0.15) is 16.9 Å². The number of nitrogens with zero attached hydrogens (tertiary/aromatic N) is 6. The minimum absolute atomic E-state index is 0.0369. The van der Waals surface area contributed by atoms with Crippen molar-refractivity contribution in [3.8, 4) is 22.5 Å². The maximum Gasteiger partial charge on any atom is 0.205 e. The summed E-state index contributed by atoms with van der Waals surface area (Å²) in [6, 6.07) is 17.1. The number of benzene rings is 2. The minimum Gasteiger partial charge on any atom is -0.384 e. The first-order valence-electron chi connectivity index (χ1n) is 13.4. The van der Waals surface area contributed by atoms with Crippen LogP contribution >= 0.6 is 0 Å². The number of aromatic amines is 1. The number of aliphatic hydroxyl groups is 1. The molecule has 2 aromatic carbocycles. The molecule has 1 aliphatic rings. The summed E-state index contributed by atoms with van der Waals surface area (Å²) in [5.74, 6) is 1.65. The SMILES string of the molecule is CCc1nc2c(C)cc(C(C)(O)C(C)C)nc2n1C1CCc2cc(-c3ccccc3-c3nn[nH]n3)ccc21. The van der Waals surface area contributed by atoms with Crippen molar-refractivity contribution in [3.63, 3.8) is 0 Å². The van der Waals surface area contributed by atoms with Gasteiger partial charge in [0.25, 0.3) is 0 Å². The molecular weight excluding hydrogens is 474 g/mol. The van der Waals surface area contributed by atoms with Gasteiger partial charge in [0.2, 0.25) is 5.82 Å². The fraction of sp³-hybridized carbons (Fsp3) is 0.367. The molecule has 0 spiro atoms. The van der Waals surface area contributed by atoms with E-state index in [1.54, 1.807) is 0 Å². The molecular formula is C30H33N7O. The molecule has 0 saturated carbocycles. The number of fused-ring (bicyclic) bond motifs is 2. The molecule has 0 amide bonds. The van der Waals surface area contributed by atoms with Crippen LogP contribution in [0.3, 0.4) is 0 Å². The Morgan fingerprint density at radius 3 is 2.61 bits per heavy atom. The van der Waals surface area contributed by atoms with Crippen molar-refractivity contribution in [1.29, 1.82) is 0 Å². The molecule has 0 saturated heterocycles. The van der Waals surface area contributed by atoms with Crippen molar-refractivity contribution < 1.29 is 5.11 Å². The lowest BCUT2D eigenvalue weighted by Crippen LogP contribution is -2.29. The fourth-order valence-corrected chi connectivity index (χ4v) is 5.63. The van der Waals surface area contributed by atoms with Crippen LogP contribution in [0.2, 0.25) is 0 Å². The lowest BCUT2D eigenvalue weighted by molar-refractivity contribution is 0.00505. The van der Waals surface area contributed by atoms with E-state index < -0.39 is 5.60 Å². The predicted molar refractivity (Wildman–Crippen MR) is 148 cm³/mol. The van der Waals surface area contributed by atoms with E-state index >= 15 is 0 Å². The summed E-state index contributed by atoms with van der Waals surface area (Å²) in [4.78, 5) is 10.1. The van der Waals surface area contributed by atoms with Crippen LogP contribution < -0.4 is 0 Å². The molecule has 0 fully saturated rings. The van der Waals surface area contributed by atoms with E-state index in [9.17, 15) is 5.11 Å². The Labute approximate surface area is 222 Å². The number of hydrogen-bond acceptors (Lipinski definition) is 6. The number of H-pyrrole nitrogens is 1. The van der Waals surface area contributed by atoms with E-state index in [0.717, 1.165) is 58.5 Å². The van der Waals surface area contributed by atoms with Gasteiger partial charge < -0.3 is 9.67 Å². The summed E-state index contributed by atoms with van der Waals surface area (Å²) in [6.07, 6.45) is 2.77. The zero-order valence-corrected chi connectivity index (χ0v) is 22.5. The third-order valence-corrected chi connectivity index (χ3v) is 8.20. The zero-order chi connectivity index (χ0) is 26.6. The molecule has 5 aromatic rings. The van der Waals surface area contributed by atoms with Gasteiger partial charge in [0.15, 0.2) is 5.65 Å². The normalized spacial score (nSPS) is 16.8. The first-order valence-corrected chi connectivity index (χ1v) is 13.4. The van der Waals surface area contributed by atoms with Gasteiger partial charge in [-0.25, -0.2) is 9.97 Å². The monoisotopic (exact) mass is 507 g/mol. The van der Waals surface area contributed by atoms with Crippen molar-refractivity contribution in [2.75, 3.05) is 0 Å². The molecule has 0 radical (unpaired) electrons. The summed E-state index contributed by atoms with van der Waals surface area (Å²) >= 11 is 0. The summed E-state index contributed by atoms with van der Waals surface area (Å²) in [6.45, 7) is 10.1. The molecule has 38 heavy (non-hydrogen) atoms. The van der Waals surface area contributed by atoms with Gasteiger partial charge in [-0.1, -0.05) is 63.2 Å². The van der Waals surface area contributed by atoms with Crippen molar-refractivity contribution in [2.45, 2.75) is 65.5 Å². The van der Waals surface area contributed by atoms with Gasteiger partial charge in [-0.05, 0) is 71.7 Å². The highest BCUT2D eigenvalue weighted by Gasteiger charge is 2.33. The fourth-order valence-electron chi connectivity index (χ4n) is 5.63. The van der Waals surface area contributed by atoms with Gasteiger partial charge in [-0.15, -0.1) is 10.2 Å². The molecule has 6 rings (SSSR count). The molecule has 3 heterocycles. The van der Waals surface area contributed by atoms with Crippen molar-refractivity contribution >= 4 is 11.2 Å². The number of nitrogens with one attached hydrogen (secondary N) is 1. The van der Waals surface area contributed by atoms with E-state index in [1.807, 2.05) is 45.0 Å². The minimum atomic E-state index is -1.02. The van der Waals surface area contributed by atoms with Gasteiger partial charge in [0.05, 0.1) is 11.7 Å². The Kier molecular flexibility index (Phi) is 5.87. The van der Waals surface area contributed by atoms with Crippen LogP contribution in [0.15, 0.2) is 48.5 Å². The molecule has 1 aliphatic carbocycles. The van der Waals surface area contributed by atoms with Gasteiger partial charge in [-0.3, -0.25) is 0 Å². The molecule has 2 N–H and O–H groups in total. The van der Waals surface area contributed by atoms with E-state index in [1.165, 1.54) is 11.1 Å². The Balaban J connectivity index is 1.46. The number of rotatable bonds is 6. The van der Waals surface area contributed by atoms with E-state index in [2.05, 4.69) is 63.3 Å². The molecule has 0 bridgehead atoms. The smallest absolute Gasteiger partial charge is 0.205 e. The van der Waals surface area contributed by atoms with Crippen LogP contribution in [-0.2, 0) is 18.4 Å². The van der Waals surface area contributed by atoms with Crippen LogP contribution in [0.1, 0.15) is 68.4 Å². The van der Waals surface area contributed by atoms with Crippen LogP contribution in [0, 0.1) is 12.8 Å². The second kappa shape index (κ2) is 9.13.